The summed E-state index contributed by atoms with van der Waals surface area (Å²) < 4.78 is 5.80. The van der Waals surface area contributed by atoms with Crippen molar-refractivity contribution in [1.82, 2.24) is 5.48 Å². The Bertz CT molecular complexity index is 462. The minimum Gasteiger partial charge on any atom is -0.461 e. The zero-order valence-corrected chi connectivity index (χ0v) is 9.49. The van der Waals surface area contributed by atoms with Crippen LogP contribution in [0.15, 0.2) is 28.7 Å². The number of hydroxylamine groups is 1. The van der Waals surface area contributed by atoms with Crippen LogP contribution >= 0.6 is 0 Å². The first-order chi connectivity index (χ1) is 7.86. The SMILES string of the molecule is CCCCc1oc2ccccc2c1CNO. The molecule has 0 saturated heterocycles. The lowest BCUT2D eigenvalue weighted by Gasteiger charge is -2.00. The highest BCUT2D eigenvalue weighted by molar-refractivity contribution is 5.82. The number of benzene rings is 1. The van der Waals surface area contributed by atoms with E-state index in [1.165, 1.54) is 0 Å². The summed E-state index contributed by atoms with van der Waals surface area (Å²) in [7, 11) is 0. The monoisotopic (exact) mass is 219 g/mol. The van der Waals surface area contributed by atoms with E-state index in [1.54, 1.807) is 0 Å². The highest BCUT2D eigenvalue weighted by Crippen LogP contribution is 2.26. The molecule has 0 saturated carbocycles. The average molecular weight is 219 g/mol. The third-order valence-corrected chi connectivity index (χ3v) is 2.80. The summed E-state index contributed by atoms with van der Waals surface area (Å²) in [5, 5.41) is 9.95. The molecule has 0 amide bonds. The van der Waals surface area contributed by atoms with Crippen molar-refractivity contribution in [3.8, 4) is 0 Å². The summed E-state index contributed by atoms with van der Waals surface area (Å²) in [6.07, 6.45) is 3.18. The number of furan rings is 1. The fourth-order valence-corrected chi connectivity index (χ4v) is 1.96. The number of nitrogens with one attached hydrogen (secondary N) is 1. The van der Waals surface area contributed by atoms with Crippen molar-refractivity contribution in [1.29, 1.82) is 0 Å². The van der Waals surface area contributed by atoms with E-state index in [9.17, 15) is 0 Å². The number of fused-ring (bicyclic) bond motifs is 1. The first-order valence-corrected chi connectivity index (χ1v) is 5.73. The van der Waals surface area contributed by atoms with Crippen molar-refractivity contribution in [3.63, 3.8) is 0 Å². The maximum atomic E-state index is 8.86. The van der Waals surface area contributed by atoms with Gasteiger partial charge in [0.25, 0.3) is 0 Å². The molecule has 1 aromatic heterocycles. The summed E-state index contributed by atoms with van der Waals surface area (Å²) in [6.45, 7) is 2.60. The normalized spacial score (nSPS) is 11.1. The molecular formula is C13H17NO2. The van der Waals surface area contributed by atoms with Gasteiger partial charge in [-0.05, 0) is 12.5 Å². The molecule has 0 atom stereocenters. The van der Waals surface area contributed by atoms with Crippen molar-refractivity contribution in [3.05, 3.63) is 35.6 Å². The maximum Gasteiger partial charge on any atom is 0.134 e. The zero-order chi connectivity index (χ0) is 11.4. The van der Waals surface area contributed by atoms with Crippen LogP contribution in [0.5, 0.6) is 0 Å². The van der Waals surface area contributed by atoms with Gasteiger partial charge in [-0.25, -0.2) is 5.48 Å². The van der Waals surface area contributed by atoms with Gasteiger partial charge in [-0.3, -0.25) is 0 Å². The Morgan fingerprint density at radius 3 is 2.88 bits per heavy atom. The van der Waals surface area contributed by atoms with E-state index in [-0.39, 0.29) is 0 Å². The van der Waals surface area contributed by atoms with Crippen molar-refractivity contribution >= 4 is 11.0 Å². The number of para-hydroxylation sites is 1. The van der Waals surface area contributed by atoms with Crippen molar-refractivity contribution in [2.45, 2.75) is 32.7 Å². The van der Waals surface area contributed by atoms with Crippen molar-refractivity contribution in [2.75, 3.05) is 0 Å². The summed E-state index contributed by atoms with van der Waals surface area (Å²) in [6, 6.07) is 7.94. The van der Waals surface area contributed by atoms with Crippen LogP contribution in [0.1, 0.15) is 31.1 Å². The van der Waals surface area contributed by atoms with Crippen LogP contribution in [0.25, 0.3) is 11.0 Å². The van der Waals surface area contributed by atoms with Crippen LogP contribution in [-0.4, -0.2) is 5.21 Å². The van der Waals surface area contributed by atoms with Gasteiger partial charge in [0.15, 0.2) is 0 Å². The molecule has 3 heteroatoms. The van der Waals surface area contributed by atoms with Crippen LogP contribution in [0.2, 0.25) is 0 Å². The van der Waals surface area contributed by atoms with E-state index in [2.05, 4.69) is 12.4 Å². The van der Waals surface area contributed by atoms with Gasteiger partial charge in [0.05, 0.1) is 0 Å². The van der Waals surface area contributed by atoms with Gasteiger partial charge in [0.2, 0.25) is 0 Å². The van der Waals surface area contributed by atoms with Crippen LogP contribution < -0.4 is 5.48 Å². The molecule has 0 unspecified atom stereocenters. The van der Waals surface area contributed by atoms with Gasteiger partial charge in [-0.15, -0.1) is 0 Å². The fourth-order valence-electron chi connectivity index (χ4n) is 1.96. The van der Waals surface area contributed by atoms with Gasteiger partial charge in [-0.2, -0.15) is 0 Å². The van der Waals surface area contributed by atoms with E-state index >= 15 is 0 Å². The summed E-state index contributed by atoms with van der Waals surface area (Å²) in [5.41, 5.74) is 4.20. The smallest absolute Gasteiger partial charge is 0.134 e. The van der Waals surface area contributed by atoms with Gasteiger partial charge < -0.3 is 9.62 Å². The molecule has 1 heterocycles. The minimum absolute atomic E-state index is 0.441. The van der Waals surface area contributed by atoms with Crippen LogP contribution in [0.3, 0.4) is 0 Å². The quantitative estimate of drug-likeness (QED) is 0.759. The average Bonchev–Trinajstić information content (AvgIpc) is 2.66. The molecule has 0 fully saturated rings. The Morgan fingerprint density at radius 2 is 2.12 bits per heavy atom. The van der Waals surface area contributed by atoms with Crippen LogP contribution in [0, 0.1) is 0 Å². The molecule has 0 radical (unpaired) electrons. The predicted molar refractivity (Wildman–Crippen MR) is 63.5 cm³/mol. The third-order valence-electron chi connectivity index (χ3n) is 2.80. The fraction of sp³-hybridized carbons (Fsp3) is 0.385. The number of rotatable bonds is 5. The second kappa shape index (κ2) is 5.14. The van der Waals surface area contributed by atoms with Gasteiger partial charge in [-0.1, -0.05) is 31.5 Å². The molecule has 0 aliphatic carbocycles. The molecule has 0 spiro atoms. The van der Waals surface area contributed by atoms with Gasteiger partial charge in [0.1, 0.15) is 11.3 Å². The highest BCUT2D eigenvalue weighted by Gasteiger charge is 2.12. The second-order valence-electron chi connectivity index (χ2n) is 3.94. The molecule has 0 aliphatic rings. The molecule has 2 N–H and O–H groups in total. The Kier molecular flexibility index (Phi) is 3.59. The third kappa shape index (κ3) is 2.10. The number of hydrogen-bond acceptors (Lipinski definition) is 3. The molecule has 16 heavy (non-hydrogen) atoms. The Labute approximate surface area is 95.0 Å². The number of aryl methyl sites for hydroxylation is 1. The summed E-state index contributed by atoms with van der Waals surface area (Å²) >= 11 is 0. The number of hydrogen-bond donors (Lipinski definition) is 2. The Hall–Kier alpha value is -1.32. The Balaban J connectivity index is 2.41. The Morgan fingerprint density at radius 1 is 1.31 bits per heavy atom. The topological polar surface area (TPSA) is 45.4 Å². The molecular weight excluding hydrogens is 202 g/mol. The van der Waals surface area contributed by atoms with E-state index in [4.69, 9.17) is 9.62 Å². The van der Waals surface area contributed by atoms with Crippen LogP contribution in [0.4, 0.5) is 0 Å². The first kappa shape index (κ1) is 11.2. The number of unbranched alkanes of at least 4 members (excludes halogenated alkanes) is 1. The van der Waals surface area contributed by atoms with Crippen molar-refractivity contribution < 1.29 is 9.62 Å². The lowest BCUT2D eigenvalue weighted by molar-refractivity contribution is 0.161. The predicted octanol–water partition coefficient (Wildman–Crippen LogP) is 3.25. The molecule has 0 bridgehead atoms. The molecule has 3 nitrogen and oxygen atoms in total. The van der Waals surface area contributed by atoms with Crippen LogP contribution in [-0.2, 0) is 13.0 Å². The van der Waals surface area contributed by atoms with E-state index in [0.29, 0.717) is 6.54 Å². The lowest BCUT2D eigenvalue weighted by atomic mass is 10.1. The molecule has 2 rings (SSSR count). The first-order valence-electron chi connectivity index (χ1n) is 5.73. The van der Waals surface area contributed by atoms with E-state index in [0.717, 1.165) is 41.6 Å². The molecule has 0 aliphatic heterocycles. The van der Waals surface area contributed by atoms with Gasteiger partial charge >= 0.3 is 0 Å². The summed E-state index contributed by atoms with van der Waals surface area (Å²) in [4.78, 5) is 0. The van der Waals surface area contributed by atoms with E-state index in [1.807, 2.05) is 24.3 Å². The molecule has 1 aromatic carbocycles. The largest absolute Gasteiger partial charge is 0.461 e. The molecule has 86 valence electrons. The second-order valence-corrected chi connectivity index (χ2v) is 3.94. The zero-order valence-electron chi connectivity index (χ0n) is 9.49. The maximum absolute atomic E-state index is 8.86. The minimum atomic E-state index is 0.441. The highest BCUT2D eigenvalue weighted by atomic mass is 16.5. The van der Waals surface area contributed by atoms with E-state index < -0.39 is 0 Å². The molecule has 2 aromatic rings. The lowest BCUT2D eigenvalue weighted by Crippen LogP contribution is -2.07. The standard InChI is InChI=1S/C13H17NO2/c1-2-3-7-13-11(9-14-15)10-6-4-5-8-12(10)16-13/h4-6,8,14-15H,2-3,7,9H2,1H3. The van der Waals surface area contributed by atoms with Crippen molar-refractivity contribution in [2.24, 2.45) is 0 Å². The summed E-state index contributed by atoms with van der Waals surface area (Å²) in [5.74, 6) is 0.990. The van der Waals surface area contributed by atoms with Gasteiger partial charge in [0, 0.05) is 23.9 Å².